The average molecular weight is 324 g/mol. The fraction of sp³-hybridized carbons (Fsp3) is 0.353. The van der Waals surface area contributed by atoms with Crippen LogP contribution >= 0.6 is 0 Å². The van der Waals surface area contributed by atoms with Gasteiger partial charge in [0.1, 0.15) is 11.5 Å². The first-order valence-corrected chi connectivity index (χ1v) is 7.90. The molecule has 0 unspecified atom stereocenters. The largest absolute Gasteiger partial charge is 0.332 e. The number of aromatic nitrogens is 5. The van der Waals surface area contributed by atoms with E-state index in [1.165, 1.54) is 0 Å². The molecule has 0 amide bonds. The normalized spacial score (nSPS) is 11.0. The summed E-state index contributed by atoms with van der Waals surface area (Å²) in [5, 5.41) is 7.29. The second-order valence-corrected chi connectivity index (χ2v) is 5.65. The Labute approximate surface area is 140 Å². The molecule has 3 rings (SSSR count). The first-order valence-electron chi connectivity index (χ1n) is 7.90. The van der Waals surface area contributed by atoms with Crippen LogP contribution in [0.1, 0.15) is 29.8 Å². The fourth-order valence-corrected chi connectivity index (χ4v) is 2.46. The molecule has 0 aromatic carbocycles. The Balaban J connectivity index is 1.94. The zero-order chi connectivity index (χ0) is 17.1. The third kappa shape index (κ3) is 3.62. The van der Waals surface area contributed by atoms with Crippen molar-refractivity contribution in [3.63, 3.8) is 0 Å². The van der Waals surface area contributed by atoms with Gasteiger partial charge in [-0.05, 0) is 45.5 Å². The predicted octanol–water partition coefficient (Wildman–Crippen LogP) is 2.62. The second-order valence-electron chi connectivity index (χ2n) is 5.65. The molecular formula is C17H20N6O. The van der Waals surface area contributed by atoms with Crippen LogP contribution in [-0.4, -0.2) is 31.6 Å². The maximum Gasteiger partial charge on any atom is 0.276 e. The maximum absolute atomic E-state index is 5.41. The van der Waals surface area contributed by atoms with E-state index in [-0.39, 0.29) is 0 Å². The highest BCUT2D eigenvalue weighted by atomic mass is 16.5. The van der Waals surface area contributed by atoms with Crippen molar-refractivity contribution in [1.29, 1.82) is 0 Å². The summed E-state index contributed by atoms with van der Waals surface area (Å²) in [6.45, 7) is 9.32. The van der Waals surface area contributed by atoms with Crippen LogP contribution in [0.4, 0.5) is 0 Å². The highest BCUT2D eigenvalue weighted by Crippen LogP contribution is 2.22. The van der Waals surface area contributed by atoms with Crippen LogP contribution in [0.25, 0.3) is 23.0 Å². The lowest BCUT2D eigenvalue weighted by Crippen LogP contribution is -2.15. The van der Waals surface area contributed by atoms with Crippen LogP contribution in [0, 0.1) is 20.8 Å². The highest BCUT2D eigenvalue weighted by molar-refractivity contribution is 5.58. The Morgan fingerprint density at radius 3 is 2.33 bits per heavy atom. The van der Waals surface area contributed by atoms with Crippen molar-refractivity contribution in [3.05, 3.63) is 41.1 Å². The smallest absolute Gasteiger partial charge is 0.276 e. The maximum atomic E-state index is 5.41. The van der Waals surface area contributed by atoms with Gasteiger partial charge in [-0.15, -0.1) is 0 Å². The number of aryl methyl sites for hydroxylation is 3. The van der Waals surface area contributed by atoms with Crippen molar-refractivity contribution in [1.82, 2.24) is 30.4 Å². The predicted molar refractivity (Wildman–Crippen MR) is 90.1 cm³/mol. The summed E-state index contributed by atoms with van der Waals surface area (Å²) in [5.41, 5.74) is 4.22. The van der Waals surface area contributed by atoms with Crippen LogP contribution in [0.3, 0.4) is 0 Å². The van der Waals surface area contributed by atoms with E-state index in [1.54, 1.807) is 0 Å². The molecule has 0 radical (unpaired) electrons. The summed E-state index contributed by atoms with van der Waals surface area (Å²) in [7, 11) is 0. The number of nitrogens with one attached hydrogen (secondary N) is 1. The van der Waals surface area contributed by atoms with E-state index < -0.39 is 0 Å². The van der Waals surface area contributed by atoms with Crippen molar-refractivity contribution in [2.24, 2.45) is 0 Å². The van der Waals surface area contributed by atoms with Crippen molar-refractivity contribution in [3.8, 4) is 23.0 Å². The van der Waals surface area contributed by atoms with E-state index in [2.05, 4.69) is 30.4 Å². The van der Waals surface area contributed by atoms with Gasteiger partial charge in [-0.2, -0.15) is 4.98 Å². The molecule has 0 bridgehead atoms. The number of nitrogens with zero attached hydrogens (tertiary/aromatic N) is 5. The summed E-state index contributed by atoms with van der Waals surface area (Å²) in [6.07, 6.45) is 0. The van der Waals surface area contributed by atoms with Crippen LogP contribution < -0.4 is 5.32 Å². The van der Waals surface area contributed by atoms with Crippen LogP contribution in [0.15, 0.2) is 22.7 Å². The molecule has 0 saturated heterocycles. The Hall–Kier alpha value is -2.67. The van der Waals surface area contributed by atoms with Gasteiger partial charge in [0, 0.05) is 22.6 Å². The molecule has 3 aromatic rings. The Morgan fingerprint density at radius 1 is 0.917 bits per heavy atom. The number of hydrogen-bond acceptors (Lipinski definition) is 7. The van der Waals surface area contributed by atoms with Gasteiger partial charge in [-0.3, -0.25) is 4.98 Å². The first-order chi connectivity index (χ1) is 11.5. The standard InChI is InChI=1S/C17H20N6O/c1-5-18-9-15-20-12(4)8-14(21-15)17-22-16(23-24-17)13-6-10(2)19-11(3)7-13/h6-8,18H,5,9H2,1-4H3. The van der Waals surface area contributed by atoms with E-state index in [0.29, 0.717) is 29.8 Å². The molecular weight excluding hydrogens is 304 g/mol. The van der Waals surface area contributed by atoms with Crippen molar-refractivity contribution in [2.45, 2.75) is 34.2 Å². The third-order valence-electron chi connectivity index (χ3n) is 3.42. The molecule has 124 valence electrons. The number of pyridine rings is 1. The zero-order valence-corrected chi connectivity index (χ0v) is 14.3. The lowest BCUT2D eigenvalue weighted by Gasteiger charge is -2.03. The van der Waals surface area contributed by atoms with E-state index in [9.17, 15) is 0 Å². The van der Waals surface area contributed by atoms with E-state index in [0.717, 1.165) is 29.2 Å². The molecule has 0 aliphatic heterocycles. The molecule has 3 aromatic heterocycles. The zero-order valence-electron chi connectivity index (χ0n) is 14.3. The molecule has 7 heteroatoms. The molecule has 24 heavy (non-hydrogen) atoms. The lowest BCUT2D eigenvalue weighted by molar-refractivity contribution is 0.430. The van der Waals surface area contributed by atoms with Gasteiger partial charge in [-0.1, -0.05) is 12.1 Å². The SMILES string of the molecule is CCNCc1nc(C)cc(-c2nc(-c3cc(C)nc(C)c3)no2)n1. The van der Waals surface area contributed by atoms with E-state index in [4.69, 9.17) is 4.52 Å². The molecule has 0 saturated carbocycles. The average Bonchev–Trinajstić information content (AvgIpc) is 3.01. The summed E-state index contributed by atoms with van der Waals surface area (Å²) < 4.78 is 5.41. The van der Waals surface area contributed by atoms with Crippen molar-refractivity contribution < 1.29 is 4.52 Å². The summed E-state index contributed by atoms with van der Waals surface area (Å²) in [5.74, 6) is 1.63. The number of hydrogen-bond donors (Lipinski definition) is 1. The van der Waals surface area contributed by atoms with Gasteiger partial charge < -0.3 is 9.84 Å². The van der Waals surface area contributed by atoms with Crippen molar-refractivity contribution in [2.75, 3.05) is 6.54 Å². The fourth-order valence-electron chi connectivity index (χ4n) is 2.46. The van der Waals surface area contributed by atoms with E-state index in [1.807, 2.05) is 45.9 Å². The molecule has 7 nitrogen and oxygen atoms in total. The third-order valence-corrected chi connectivity index (χ3v) is 3.42. The van der Waals surface area contributed by atoms with Gasteiger partial charge in [0.15, 0.2) is 0 Å². The monoisotopic (exact) mass is 324 g/mol. The second kappa shape index (κ2) is 6.84. The molecule has 0 aliphatic rings. The summed E-state index contributed by atoms with van der Waals surface area (Å²) >= 11 is 0. The van der Waals surface area contributed by atoms with Gasteiger partial charge in [0.05, 0.1) is 6.54 Å². The minimum absolute atomic E-state index is 0.389. The van der Waals surface area contributed by atoms with Gasteiger partial charge in [0.2, 0.25) is 5.82 Å². The topological polar surface area (TPSA) is 89.6 Å². The van der Waals surface area contributed by atoms with Crippen LogP contribution in [0.2, 0.25) is 0 Å². The van der Waals surface area contributed by atoms with Gasteiger partial charge in [0.25, 0.3) is 5.89 Å². The quantitative estimate of drug-likeness (QED) is 0.771. The minimum atomic E-state index is 0.389. The Kier molecular flexibility index (Phi) is 4.61. The minimum Gasteiger partial charge on any atom is -0.332 e. The first kappa shape index (κ1) is 16.2. The van der Waals surface area contributed by atoms with Crippen LogP contribution in [0.5, 0.6) is 0 Å². The summed E-state index contributed by atoms with van der Waals surface area (Å²) in [4.78, 5) is 17.8. The number of rotatable bonds is 5. The highest BCUT2D eigenvalue weighted by Gasteiger charge is 2.14. The summed E-state index contributed by atoms with van der Waals surface area (Å²) in [6, 6.07) is 5.71. The molecule has 0 fully saturated rings. The van der Waals surface area contributed by atoms with E-state index >= 15 is 0 Å². The molecule has 0 aliphatic carbocycles. The molecule has 0 atom stereocenters. The Bertz CT molecular complexity index is 838. The van der Waals surface area contributed by atoms with Gasteiger partial charge >= 0.3 is 0 Å². The molecule has 1 N–H and O–H groups in total. The molecule has 0 spiro atoms. The van der Waals surface area contributed by atoms with Gasteiger partial charge in [-0.25, -0.2) is 9.97 Å². The van der Waals surface area contributed by atoms with Crippen molar-refractivity contribution >= 4 is 0 Å². The lowest BCUT2D eigenvalue weighted by atomic mass is 10.2. The molecule has 3 heterocycles. The van der Waals surface area contributed by atoms with Crippen LogP contribution in [-0.2, 0) is 6.54 Å². The Morgan fingerprint density at radius 2 is 1.62 bits per heavy atom.